The van der Waals surface area contributed by atoms with Crippen LogP contribution >= 0.6 is 0 Å². The van der Waals surface area contributed by atoms with Crippen LogP contribution in [0.1, 0.15) is 213 Å². The van der Waals surface area contributed by atoms with E-state index >= 15 is 0 Å². The van der Waals surface area contributed by atoms with E-state index in [2.05, 4.69) is 6.08 Å². The minimum atomic E-state index is -1.12. The maximum absolute atomic E-state index is 13.8. The number of rotatable bonds is 42. The van der Waals surface area contributed by atoms with E-state index in [0.717, 1.165) is 31.3 Å². The van der Waals surface area contributed by atoms with Crippen LogP contribution in [-0.2, 0) is 47.5 Å². The minimum Gasteiger partial charge on any atom is -0.459 e. The average molecular weight is 1360 g/mol. The molecular weight excluding hydrogens is 1230 g/mol. The number of carbonyl (C=O) groups excluding carboxylic acids is 2. The average Bonchev–Trinajstić information content (AvgIpc) is 0.898. The van der Waals surface area contributed by atoms with E-state index in [9.17, 15) is 55.5 Å². The molecule has 4 heterocycles. The van der Waals surface area contributed by atoms with Gasteiger partial charge in [-0.3, -0.25) is 0 Å². The van der Waals surface area contributed by atoms with E-state index in [1.165, 1.54) is 12.2 Å². The number of allylic oxidation sites excluding steroid dienone is 4. The summed E-state index contributed by atoms with van der Waals surface area (Å²) in [4.78, 5) is 27.2. The van der Waals surface area contributed by atoms with Gasteiger partial charge in [0.25, 0.3) is 0 Å². The van der Waals surface area contributed by atoms with Crippen LogP contribution in [0.4, 0.5) is 0 Å². The van der Waals surface area contributed by atoms with Gasteiger partial charge < -0.3 is 83.9 Å². The van der Waals surface area contributed by atoms with Gasteiger partial charge in [-0.2, -0.15) is 0 Å². The Kier molecular flexibility index (Phi) is 38.7. The lowest BCUT2D eigenvalue weighted by molar-refractivity contribution is -0.155. The summed E-state index contributed by atoms with van der Waals surface area (Å²) in [6, 6.07) is 0. The Balaban J connectivity index is 1.35. The molecule has 4 aliphatic rings. The van der Waals surface area contributed by atoms with E-state index in [-0.39, 0.29) is 104 Å². The fraction of sp³-hybridized carbons (Fsp3) is 0.818. The lowest BCUT2D eigenvalue weighted by Gasteiger charge is -2.37. The van der Waals surface area contributed by atoms with Crippen molar-refractivity contribution >= 4 is 11.9 Å². The van der Waals surface area contributed by atoms with Crippen molar-refractivity contribution in [2.75, 3.05) is 14.2 Å². The molecule has 0 bridgehead atoms. The first-order chi connectivity index (χ1) is 45.3. The van der Waals surface area contributed by atoms with Crippen molar-refractivity contribution < 1.29 is 93.4 Å². The van der Waals surface area contributed by atoms with Gasteiger partial charge in [0, 0.05) is 75.2 Å². The van der Waals surface area contributed by atoms with Crippen molar-refractivity contribution in [2.24, 2.45) is 47.3 Å². The molecule has 2 fully saturated rings. The summed E-state index contributed by atoms with van der Waals surface area (Å²) in [6.45, 7) is 26.2. The van der Waals surface area contributed by atoms with E-state index in [1.807, 2.05) is 92.7 Å². The highest BCUT2D eigenvalue weighted by atomic mass is 16.6. The molecule has 0 aromatic carbocycles. The first kappa shape index (κ1) is 85.2. The molecule has 96 heavy (non-hydrogen) atoms. The van der Waals surface area contributed by atoms with Crippen LogP contribution in [0.15, 0.2) is 71.9 Å². The molecule has 0 spiro atoms. The Morgan fingerprint density at radius 1 is 0.521 bits per heavy atom. The zero-order valence-corrected chi connectivity index (χ0v) is 61.4. The first-order valence-corrected chi connectivity index (χ1v) is 36.5. The molecule has 0 saturated carbocycles. The first-order valence-electron chi connectivity index (χ1n) is 36.5. The van der Waals surface area contributed by atoms with Gasteiger partial charge in [-0.1, -0.05) is 115 Å². The highest BCUT2D eigenvalue weighted by Crippen LogP contribution is 2.36. The Morgan fingerprint density at radius 2 is 1.05 bits per heavy atom. The van der Waals surface area contributed by atoms with Crippen molar-refractivity contribution in [2.45, 2.75) is 341 Å². The van der Waals surface area contributed by atoms with Gasteiger partial charge in [0.2, 0.25) is 0 Å². The van der Waals surface area contributed by atoms with Crippen molar-refractivity contribution in [1.82, 2.24) is 0 Å². The molecule has 0 amide bonds. The van der Waals surface area contributed by atoms with Crippen LogP contribution in [0.5, 0.6) is 0 Å². The largest absolute Gasteiger partial charge is 0.459 e. The normalized spacial score (nSPS) is 30.0. The number of carbonyl (C=O) groups is 2. The summed E-state index contributed by atoms with van der Waals surface area (Å²) in [7, 11) is 3.33. The van der Waals surface area contributed by atoms with Crippen LogP contribution in [-0.4, -0.2) is 200 Å². The molecule has 29 atom stereocenters. The molecule has 19 nitrogen and oxygen atoms in total. The Morgan fingerprint density at radius 3 is 1.66 bits per heavy atom. The molecule has 0 aromatic rings. The van der Waals surface area contributed by atoms with Crippen molar-refractivity contribution in [3.63, 3.8) is 0 Å². The van der Waals surface area contributed by atoms with Gasteiger partial charge >= 0.3 is 11.9 Å². The molecule has 4 rings (SSSR count). The third-order valence-corrected chi connectivity index (χ3v) is 21.2. The number of aliphatic hydroxyl groups excluding tert-OH is 9. The summed E-state index contributed by atoms with van der Waals surface area (Å²) in [5.74, 6) is -4.75. The summed E-state index contributed by atoms with van der Waals surface area (Å²) in [5.41, 5.74) is 1.50. The maximum Gasteiger partial charge on any atom is 0.331 e. The summed E-state index contributed by atoms with van der Waals surface area (Å²) < 4.78 is 48.6. The van der Waals surface area contributed by atoms with Gasteiger partial charge in [-0.05, 0) is 156 Å². The topological polar surface area (TPSA) is 290 Å². The maximum atomic E-state index is 13.8. The Labute approximate surface area is 577 Å². The second-order valence-electron chi connectivity index (χ2n) is 29.9. The number of methoxy groups -OCH3 is 2. The lowest BCUT2D eigenvalue weighted by Crippen LogP contribution is -2.45. The van der Waals surface area contributed by atoms with Crippen LogP contribution in [0.3, 0.4) is 0 Å². The van der Waals surface area contributed by atoms with Crippen LogP contribution in [0.2, 0.25) is 0 Å². The summed E-state index contributed by atoms with van der Waals surface area (Å²) in [6.07, 6.45) is 16.9. The van der Waals surface area contributed by atoms with Crippen molar-refractivity contribution in [1.29, 1.82) is 0 Å². The predicted molar refractivity (Wildman–Crippen MR) is 373 cm³/mol. The number of ether oxygens (including phenoxy) is 8. The van der Waals surface area contributed by atoms with E-state index < -0.39 is 103 Å². The fourth-order valence-electron chi connectivity index (χ4n) is 14.4. The molecule has 0 aromatic heterocycles. The van der Waals surface area contributed by atoms with Gasteiger partial charge in [0.1, 0.15) is 12.2 Å². The standard InChI is InChI=1S/C77H132O19/c1-45(23-30-50(6)78)25-35-72(84)95-70(44-69(83)56(12)75(87)57(13)74(86)48(4)28-33-65-41-66(89-15)38-53(9)93-65)47(3)27-32-61-20-18-22-62(94-61)39-59(79)31-24-46(2)26-36-73(85)96-77(49(5)29-34-64-40-60(80)37-52(8)92-64)58(14)76(88)55(11)68(82)43-67(81)54(10)71(90-16)42-63-21-17-19-51(7)91-63/h17-19,22-26,35-36,47-71,74-83,86-88H,20-21,27-34,37-44H2,1-16H3/b35-25+,36-26+,45-23+,46-24+/t47-,48?,49+,50-,51-,52+,53+,54?,55+,56+,57?,58?,59+,60-,61+,62+,63?,64?,65?,66-,67?,68-,69-,70+,71?,74+,75?,76?,77+/m1/s1. The van der Waals surface area contributed by atoms with Gasteiger partial charge in [-0.25, -0.2) is 9.59 Å². The van der Waals surface area contributed by atoms with Gasteiger partial charge in [0.05, 0.1) is 116 Å². The van der Waals surface area contributed by atoms with E-state index in [1.54, 1.807) is 61.0 Å². The molecule has 0 aliphatic carbocycles. The van der Waals surface area contributed by atoms with E-state index in [0.29, 0.717) is 76.2 Å². The fourth-order valence-corrected chi connectivity index (χ4v) is 14.4. The third-order valence-electron chi connectivity index (χ3n) is 21.2. The smallest absolute Gasteiger partial charge is 0.331 e. The lowest BCUT2D eigenvalue weighted by atomic mass is 9.79. The predicted octanol–water partition coefficient (Wildman–Crippen LogP) is 10.5. The summed E-state index contributed by atoms with van der Waals surface area (Å²) >= 11 is 0. The highest BCUT2D eigenvalue weighted by Gasteiger charge is 2.41. The summed E-state index contributed by atoms with van der Waals surface area (Å²) in [5, 5.41) is 101. The minimum absolute atomic E-state index is 0.00133. The van der Waals surface area contributed by atoms with Crippen LogP contribution < -0.4 is 0 Å². The monoisotopic (exact) mass is 1360 g/mol. The molecule has 2 saturated heterocycles. The zero-order valence-electron chi connectivity index (χ0n) is 61.4. The molecular formula is C77H132O19. The van der Waals surface area contributed by atoms with Crippen LogP contribution in [0, 0.1) is 47.3 Å². The van der Waals surface area contributed by atoms with Crippen LogP contribution in [0.25, 0.3) is 0 Å². The number of esters is 2. The molecule has 11 unspecified atom stereocenters. The molecule has 0 radical (unpaired) electrons. The number of aliphatic hydroxyl groups is 9. The molecule has 554 valence electrons. The Hall–Kier alpha value is -3.22. The Bertz CT molecular complexity index is 2380. The quantitative estimate of drug-likeness (QED) is 0.0119. The van der Waals surface area contributed by atoms with Gasteiger partial charge in [0.15, 0.2) is 0 Å². The second kappa shape index (κ2) is 43.6. The zero-order chi connectivity index (χ0) is 71.5. The molecule has 9 N–H and O–H groups in total. The molecule has 4 aliphatic heterocycles. The second-order valence-corrected chi connectivity index (χ2v) is 29.9. The van der Waals surface area contributed by atoms with Crippen molar-refractivity contribution in [3.8, 4) is 0 Å². The van der Waals surface area contributed by atoms with Gasteiger partial charge in [-0.15, -0.1) is 0 Å². The molecule has 19 heteroatoms. The SMILES string of the molecule is COC(CC1CC=C[C@@H](C)O1)C(C)C(O)C[C@@H](O)[C@H](C)C(O)C(C)[C@@H](OC(=O)/C=C/C(C)=C/C[C@H](O)C[C@@H]1C=CC[C@@H](CC[C@@H](C)[C@H](C[C@@H](O)[C@H](C)C(O)C(C)[C@@H](O)C(C)CCC2C[C@H](OC)C[C@H](C)O2)OC(=O)/C=C/C(C)=C/C[C@@H](C)O)O1)[C@@H](C)CCC1C[C@H](O)C[C@H](C)O1. The number of hydrogen-bond donors (Lipinski definition) is 9. The third kappa shape index (κ3) is 30.2. The van der Waals surface area contributed by atoms with E-state index in [4.69, 9.17) is 37.9 Å². The number of hydrogen-bond acceptors (Lipinski definition) is 19. The highest BCUT2D eigenvalue weighted by molar-refractivity contribution is 5.83. The van der Waals surface area contributed by atoms with Crippen molar-refractivity contribution in [3.05, 3.63) is 71.9 Å².